The molecule has 1 aromatic heterocycles. The van der Waals surface area contributed by atoms with E-state index in [1.807, 2.05) is 21.2 Å². The average Bonchev–Trinajstić information content (AvgIpc) is 3.52. The zero-order valence-electron chi connectivity index (χ0n) is 20.6. The third-order valence-electron chi connectivity index (χ3n) is 8.83. The van der Waals surface area contributed by atoms with Gasteiger partial charge in [0.25, 0.3) is 0 Å². The summed E-state index contributed by atoms with van der Waals surface area (Å²) in [5.41, 5.74) is 2.83. The van der Waals surface area contributed by atoms with Crippen LogP contribution in [0.3, 0.4) is 0 Å². The molecule has 1 amide bonds. The van der Waals surface area contributed by atoms with Crippen LogP contribution in [0.2, 0.25) is 0 Å². The van der Waals surface area contributed by atoms with Crippen molar-refractivity contribution >= 4 is 29.0 Å². The van der Waals surface area contributed by atoms with Crippen molar-refractivity contribution in [3.63, 3.8) is 0 Å². The molecule has 0 spiro atoms. The molecule has 2 saturated carbocycles. The molecule has 2 bridgehead atoms. The number of carbonyl (C=O) groups is 1. The van der Waals surface area contributed by atoms with Crippen molar-refractivity contribution in [2.75, 3.05) is 13.1 Å². The van der Waals surface area contributed by atoms with Gasteiger partial charge in [0.1, 0.15) is 6.54 Å². The molecule has 2 aromatic rings. The van der Waals surface area contributed by atoms with Gasteiger partial charge in [-0.25, -0.2) is 0 Å². The van der Waals surface area contributed by atoms with E-state index in [-0.39, 0.29) is 28.7 Å². The van der Waals surface area contributed by atoms with Crippen LogP contribution >= 0.6 is 23.1 Å². The van der Waals surface area contributed by atoms with Crippen LogP contribution in [-0.4, -0.2) is 33.7 Å². The largest absolute Gasteiger partial charge is 0.341 e. The number of aromatic nitrogens is 1. The Hall–Kier alpha value is -1.53. The highest BCUT2D eigenvalue weighted by Crippen LogP contribution is 2.64. The quantitative estimate of drug-likeness (QED) is 0.534. The van der Waals surface area contributed by atoms with Crippen molar-refractivity contribution < 1.29 is 4.79 Å². The first-order valence-electron chi connectivity index (χ1n) is 13.1. The first-order chi connectivity index (χ1) is 16.3. The number of carbonyl (C=O) groups excluding carboxylic acids is 1. The SMILES string of the molecule is CC(C)(C)c1ccc([C@@H]2c3sc(=O)n(CC(=O)N4CCCCC4)c3S[C@@H]3[C@H]4CC[C@@H](C4)[C@@H]23)cc1. The number of likely N-dealkylation sites (tertiary alicyclic amines) is 1. The maximum absolute atomic E-state index is 13.3. The Labute approximate surface area is 211 Å². The lowest BCUT2D eigenvalue weighted by Gasteiger charge is -2.40. The fourth-order valence-corrected chi connectivity index (χ4v) is 10.2. The molecule has 4 aliphatic rings. The lowest BCUT2D eigenvalue weighted by molar-refractivity contribution is -0.132. The minimum Gasteiger partial charge on any atom is -0.341 e. The maximum atomic E-state index is 13.3. The molecular formula is C28H36N2O2S2. The third-order valence-corrected chi connectivity index (χ3v) is 11.7. The molecule has 34 heavy (non-hydrogen) atoms. The zero-order chi connectivity index (χ0) is 23.6. The molecular weight excluding hydrogens is 460 g/mol. The highest BCUT2D eigenvalue weighted by Gasteiger charge is 2.55. The van der Waals surface area contributed by atoms with E-state index < -0.39 is 0 Å². The molecule has 2 aliphatic heterocycles. The van der Waals surface area contributed by atoms with E-state index in [1.54, 1.807) is 0 Å². The van der Waals surface area contributed by atoms with Gasteiger partial charge in [-0.05, 0) is 72.8 Å². The molecule has 3 fully saturated rings. The van der Waals surface area contributed by atoms with Crippen molar-refractivity contribution in [3.8, 4) is 0 Å². The van der Waals surface area contributed by atoms with Gasteiger partial charge in [0.05, 0.1) is 5.03 Å². The van der Waals surface area contributed by atoms with Crippen LogP contribution in [0.4, 0.5) is 0 Å². The van der Waals surface area contributed by atoms with Gasteiger partial charge < -0.3 is 4.90 Å². The van der Waals surface area contributed by atoms with Crippen molar-refractivity contribution in [2.45, 2.75) is 87.4 Å². The van der Waals surface area contributed by atoms with E-state index >= 15 is 0 Å². The van der Waals surface area contributed by atoms with Crippen molar-refractivity contribution in [1.82, 2.24) is 9.47 Å². The number of amides is 1. The first-order valence-corrected chi connectivity index (χ1v) is 14.8. The molecule has 0 unspecified atom stereocenters. The Morgan fingerprint density at radius 3 is 2.44 bits per heavy atom. The van der Waals surface area contributed by atoms with Gasteiger partial charge in [0.15, 0.2) is 0 Å². The maximum Gasteiger partial charge on any atom is 0.308 e. The molecule has 3 heterocycles. The predicted molar refractivity (Wildman–Crippen MR) is 140 cm³/mol. The van der Waals surface area contributed by atoms with Gasteiger partial charge in [-0.1, -0.05) is 56.4 Å². The second-order valence-corrected chi connectivity index (χ2v) is 14.1. The minimum absolute atomic E-state index is 0.0477. The van der Waals surface area contributed by atoms with E-state index in [0.717, 1.165) is 42.8 Å². The van der Waals surface area contributed by atoms with Crippen LogP contribution < -0.4 is 4.87 Å². The Bertz CT molecular complexity index is 1140. The van der Waals surface area contributed by atoms with Crippen LogP contribution in [0.5, 0.6) is 0 Å². The lowest BCUT2D eigenvalue weighted by atomic mass is 9.74. The highest BCUT2D eigenvalue weighted by atomic mass is 32.2. The Morgan fingerprint density at radius 1 is 1.03 bits per heavy atom. The molecule has 0 N–H and O–H groups in total. The van der Waals surface area contributed by atoms with Crippen LogP contribution in [0, 0.1) is 17.8 Å². The van der Waals surface area contributed by atoms with Gasteiger partial charge in [-0.2, -0.15) is 0 Å². The highest BCUT2D eigenvalue weighted by molar-refractivity contribution is 8.00. The number of thiazole rings is 1. The van der Waals surface area contributed by atoms with Crippen LogP contribution in [0.15, 0.2) is 34.1 Å². The fourth-order valence-electron chi connectivity index (χ4n) is 7.03. The van der Waals surface area contributed by atoms with Crippen LogP contribution in [-0.2, 0) is 16.8 Å². The van der Waals surface area contributed by atoms with E-state index in [9.17, 15) is 9.59 Å². The zero-order valence-corrected chi connectivity index (χ0v) is 22.2. The number of nitrogens with zero attached hydrogens (tertiary/aromatic N) is 2. The monoisotopic (exact) mass is 496 g/mol. The Morgan fingerprint density at radius 2 is 1.74 bits per heavy atom. The number of hydrogen-bond donors (Lipinski definition) is 0. The number of hydrogen-bond acceptors (Lipinski definition) is 4. The number of piperidine rings is 1. The van der Waals surface area contributed by atoms with Gasteiger partial charge in [0.2, 0.25) is 5.91 Å². The molecule has 2 aliphatic carbocycles. The summed E-state index contributed by atoms with van der Waals surface area (Å²) in [6.45, 7) is 8.66. The van der Waals surface area contributed by atoms with E-state index in [2.05, 4.69) is 45.0 Å². The van der Waals surface area contributed by atoms with E-state index in [0.29, 0.717) is 11.2 Å². The summed E-state index contributed by atoms with van der Waals surface area (Å²) < 4.78 is 1.83. The van der Waals surface area contributed by atoms with Gasteiger partial charge in [-0.3, -0.25) is 14.2 Å². The summed E-state index contributed by atoms with van der Waals surface area (Å²) in [4.78, 5) is 29.6. The lowest BCUT2D eigenvalue weighted by Crippen LogP contribution is -2.39. The van der Waals surface area contributed by atoms with Crippen molar-refractivity contribution in [1.29, 1.82) is 0 Å². The van der Waals surface area contributed by atoms with Crippen LogP contribution in [0.25, 0.3) is 0 Å². The number of rotatable bonds is 3. The number of thioether (sulfide) groups is 1. The normalized spacial score (nSPS) is 30.3. The van der Waals surface area contributed by atoms with Gasteiger partial charge in [0, 0.05) is 29.1 Å². The molecule has 5 atom stereocenters. The predicted octanol–water partition coefficient (Wildman–Crippen LogP) is 5.87. The Kier molecular flexibility index (Phi) is 5.76. The molecule has 1 aromatic carbocycles. The smallest absolute Gasteiger partial charge is 0.308 e. The summed E-state index contributed by atoms with van der Waals surface area (Å²) >= 11 is 3.35. The van der Waals surface area contributed by atoms with Crippen LogP contribution in [0.1, 0.15) is 81.2 Å². The minimum atomic E-state index is 0.0477. The van der Waals surface area contributed by atoms with E-state index in [4.69, 9.17) is 0 Å². The second kappa shape index (κ2) is 8.55. The number of benzene rings is 1. The van der Waals surface area contributed by atoms with Crippen molar-refractivity contribution in [3.05, 3.63) is 49.9 Å². The molecule has 1 saturated heterocycles. The topological polar surface area (TPSA) is 42.3 Å². The summed E-state index contributed by atoms with van der Waals surface area (Å²) in [5, 5.41) is 1.67. The summed E-state index contributed by atoms with van der Waals surface area (Å²) in [6.07, 6.45) is 7.36. The molecule has 182 valence electrons. The number of fused-ring (bicyclic) bond motifs is 6. The summed E-state index contributed by atoms with van der Waals surface area (Å²) in [7, 11) is 0. The first kappa shape index (κ1) is 22.9. The summed E-state index contributed by atoms with van der Waals surface area (Å²) in [6, 6.07) is 9.22. The molecule has 0 radical (unpaired) electrons. The molecule has 4 nitrogen and oxygen atoms in total. The molecule has 6 rings (SSSR count). The second-order valence-electron chi connectivity index (χ2n) is 11.9. The molecule has 6 heteroatoms. The van der Waals surface area contributed by atoms with Gasteiger partial charge >= 0.3 is 4.87 Å². The summed E-state index contributed by atoms with van der Waals surface area (Å²) in [5.74, 6) is 2.54. The Balaban J connectivity index is 1.39. The average molecular weight is 497 g/mol. The van der Waals surface area contributed by atoms with Crippen molar-refractivity contribution in [2.24, 2.45) is 17.8 Å². The third kappa shape index (κ3) is 3.80. The standard InChI is InChI=1S/C28H36N2O2S2/c1-28(2,3)20-11-9-17(10-12-20)22-23-18-7-8-19(15-18)24(23)33-26-25(22)34-27(32)30(26)16-21(31)29-13-5-4-6-14-29/h9-12,18-19,22-24H,4-8,13-16H2,1-3H3/t18-,19-,22-,23-,24+/m0/s1. The fraction of sp³-hybridized carbons (Fsp3) is 0.643. The van der Waals surface area contributed by atoms with Gasteiger partial charge in [-0.15, -0.1) is 11.8 Å². The van der Waals surface area contributed by atoms with E-state index in [1.165, 1.54) is 53.0 Å².